The Bertz CT molecular complexity index is 270. The van der Waals surface area contributed by atoms with Crippen LogP contribution < -0.4 is 5.32 Å². The molecule has 1 atom stereocenters. The van der Waals surface area contributed by atoms with E-state index in [0.717, 1.165) is 12.5 Å². The summed E-state index contributed by atoms with van der Waals surface area (Å²) in [6.07, 6.45) is 1.24. The van der Waals surface area contributed by atoms with Crippen LogP contribution in [0, 0.1) is 5.92 Å². The molecule has 1 rings (SSSR count). The van der Waals surface area contributed by atoms with Crippen molar-refractivity contribution in [3.63, 3.8) is 0 Å². The van der Waals surface area contributed by atoms with Crippen molar-refractivity contribution >= 4 is 27.3 Å². The van der Waals surface area contributed by atoms with Crippen LogP contribution in [0.3, 0.4) is 0 Å². The standard InChI is InChI=1S/C11H18BrNS/c1-8(2)4-9(3)13-6-10-5-11(12)14-7-10/h5,7-9,13H,4,6H2,1-3H3. The molecule has 0 saturated carbocycles. The van der Waals surface area contributed by atoms with E-state index in [1.807, 2.05) is 0 Å². The fourth-order valence-corrected chi connectivity index (χ4v) is 2.73. The largest absolute Gasteiger partial charge is 0.310 e. The first-order valence-electron chi connectivity index (χ1n) is 5.04. The first kappa shape index (κ1) is 12.2. The van der Waals surface area contributed by atoms with Crippen LogP contribution >= 0.6 is 27.3 Å². The Morgan fingerprint density at radius 3 is 2.64 bits per heavy atom. The predicted molar refractivity (Wildman–Crippen MR) is 67.8 cm³/mol. The van der Waals surface area contributed by atoms with Crippen molar-refractivity contribution in [2.75, 3.05) is 0 Å². The molecular weight excluding hydrogens is 258 g/mol. The molecule has 0 saturated heterocycles. The molecule has 1 N–H and O–H groups in total. The zero-order chi connectivity index (χ0) is 10.6. The normalized spacial score (nSPS) is 13.5. The van der Waals surface area contributed by atoms with Gasteiger partial charge in [0.2, 0.25) is 0 Å². The highest BCUT2D eigenvalue weighted by Gasteiger charge is 2.04. The number of nitrogens with one attached hydrogen (secondary N) is 1. The highest BCUT2D eigenvalue weighted by Crippen LogP contribution is 2.20. The third kappa shape index (κ3) is 4.58. The summed E-state index contributed by atoms with van der Waals surface area (Å²) in [7, 11) is 0. The van der Waals surface area contributed by atoms with Crippen molar-refractivity contribution in [1.82, 2.24) is 5.32 Å². The molecule has 0 aliphatic heterocycles. The molecule has 0 aromatic carbocycles. The summed E-state index contributed by atoms with van der Waals surface area (Å²) >= 11 is 5.22. The Kier molecular flexibility index (Phi) is 5.13. The maximum Gasteiger partial charge on any atom is 0.0701 e. The summed E-state index contributed by atoms with van der Waals surface area (Å²) in [6, 6.07) is 2.79. The molecule has 1 aromatic heterocycles. The van der Waals surface area contributed by atoms with Gasteiger partial charge in [-0.3, -0.25) is 0 Å². The molecule has 1 aromatic rings. The number of hydrogen-bond acceptors (Lipinski definition) is 2. The van der Waals surface area contributed by atoms with Crippen molar-refractivity contribution in [3.8, 4) is 0 Å². The van der Waals surface area contributed by atoms with Gasteiger partial charge in [0.25, 0.3) is 0 Å². The summed E-state index contributed by atoms with van der Waals surface area (Å²) in [5.74, 6) is 0.770. The van der Waals surface area contributed by atoms with Gasteiger partial charge in [0.05, 0.1) is 3.79 Å². The summed E-state index contributed by atoms with van der Waals surface area (Å²) in [4.78, 5) is 0. The maximum atomic E-state index is 3.53. The molecule has 0 amide bonds. The fraction of sp³-hybridized carbons (Fsp3) is 0.636. The zero-order valence-corrected chi connectivity index (χ0v) is 11.4. The van der Waals surface area contributed by atoms with E-state index in [1.165, 1.54) is 15.8 Å². The lowest BCUT2D eigenvalue weighted by atomic mass is 10.1. The molecule has 0 aliphatic rings. The lowest BCUT2D eigenvalue weighted by Crippen LogP contribution is -2.26. The van der Waals surface area contributed by atoms with Gasteiger partial charge < -0.3 is 5.32 Å². The summed E-state index contributed by atoms with van der Waals surface area (Å²) in [5.41, 5.74) is 1.37. The Balaban J connectivity index is 2.26. The molecule has 0 aliphatic carbocycles. The molecular formula is C11H18BrNS. The van der Waals surface area contributed by atoms with E-state index in [-0.39, 0.29) is 0 Å². The van der Waals surface area contributed by atoms with Gasteiger partial charge in [-0.2, -0.15) is 0 Å². The van der Waals surface area contributed by atoms with Crippen molar-refractivity contribution in [2.45, 2.75) is 39.8 Å². The van der Waals surface area contributed by atoms with Crippen molar-refractivity contribution < 1.29 is 0 Å². The molecule has 0 radical (unpaired) electrons. The molecule has 0 fully saturated rings. The lowest BCUT2D eigenvalue weighted by molar-refractivity contribution is 0.442. The number of hydrogen-bond donors (Lipinski definition) is 1. The van der Waals surface area contributed by atoms with Gasteiger partial charge in [0, 0.05) is 12.6 Å². The molecule has 80 valence electrons. The van der Waals surface area contributed by atoms with Crippen LogP contribution in [-0.4, -0.2) is 6.04 Å². The second kappa shape index (κ2) is 5.89. The van der Waals surface area contributed by atoms with E-state index in [4.69, 9.17) is 0 Å². The Morgan fingerprint density at radius 2 is 2.14 bits per heavy atom. The highest BCUT2D eigenvalue weighted by molar-refractivity contribution is 9.11. The van der Waals surface area contributed by atoms with Gasteiger partial charge in [-0.1, -0.05) is 13.8 Å². The minimum atomic E-state index is 0.605. The monoisotopic (exact) mass is 275 g/mol. The molecule has 3 heteroatoms. The van der Waals surface area contributed by atoms with Crippen LogP contribution in [0.1, 0.15) is 32.8 Å². The predicted octanol–water partition coefficient (Wildman–Crippen LogP) is 4.03. The first-order valence-corrected chi connectivity index (χ1v) is 6.71. The molecule has 1 unspecified atom stereocenters. The molecule has 1 heterocycles. The van der Waals surface area contributed by atoms with Crippen molar-refractivity contribution in [2.24, 2.45) is 5.92 Å². The number of rotatable bonds is 5. The zero-order valence-electron chi connectivity index (χ0n) is 9.01. The first-order chi connectivity index (χ1) is 6.58. The third-order valence-electron chi connectivity index (χ3n) is 2.10. The van der Waals surface area contributed by atoms with Crippen LogP contribution in [0.15, 0.2) is 15.2 Å². The lowest BCUT2D eigenvalue weighted by Gasteiger charge is -2.15. The average Bonchev–Trinajstić information content (AvgIpc) is 2.47. The minimum Gasteiger partial charge on any atom is -0.310 e. The molecule has 0 spiro atoms. The van der Waals surface area contributed by atoms with E-state index in [9.17, 15) is 0 Å². The van der Waals surface area contributed by atoms with Crippen molar-refractivity contribution in [1.29, 1.82) is 0 Å². The summed E-state index contributed by atoms with van der Waals surface area (Å²) in [5, 5.41) is 5.72. The molecule has 1 nitrogen and oxygen atoms in total. The fourth-order valence-electron chi connectivity index (χ4n) is 1.52. The Morgan fingerprint density at radius 1 is 1.43 bits per heavy atom. The summed E-state index contributed by atoms with van der Waals surface area (Å²) in [6.45, 7) is 7.76. The number of halogens is 1. The van der Waals surface area contributed by atoms with Crippen LogP contribution in [0.2, 0.25) is 0 Å². The van der Waals surface area contributed by atoms with Crippen LogP contribution in [0.4, 0.5) is 0 Å². The summed E-state index contributed by atoms with van der Waals surface area (Å²) < 4.78 is 1.21. The molecule has 0 bridgehead atoms. The van der Waals surface area contributed by atoms with Crippen LogP contribution in [0.5, 0.6) is 0 Å². The molecule has 14 heavy (non-hydrogen) atoms. The van der Waals surface area contributed by atoms with E-state index >= 15 is 0 Å². The average molecular weight is 276 g/mol. The van der Waals surface area contributed by atoms with Gasteiger partial charge in [-0.15, -0.1) is 11.3 Å². The smallest absolute Gasteiger partial charge is 0.0701 e. The van der Waals surface area contributed by atoms with Crippen molar-refractivity contribution in [3.05, 3.63) is 20.8 Å². The number of thiophene rings is 1. The van der Waals surface area contributed by atoms with Gasteiger partial charge in [0.1, 0.15) is 0 Å². The van der Waals surface area contributed by atoms with Gasteiger partial charge in [0.15, 0.2) is 0 Å². The van der Waals surface area contributed by atoms with Gasteiger partial charge in [-0.25, -0.2) is 0 Å². The van der Waals surface area contributed by atoms with E-state index in [0.29, 0.717) is 6.04 Å². The highest BCUT2D eigenvalue weighted by atomic mass is 79.9. The third-order valence-corrected chi connectivity index (χ3v) is 3.65. The van der Waals surface area contributed by atoms with E-state index in [1.54, 1.807) is 11.3 Å². The second-order valence-electron chi connectivity index (χ2n) is 4.17. The minimum absolute atomic E-state index is 0.605. The van der Waals surface area contributed by atoms with E-state index < -0.39 is 0 Å². The topological polar surface area (TPSA) is 12.0 Å². The second-order valence-corrected chi connectivity index (χ2v) is 6.46. The Labute approximate surface area is 99.0 Å². The SMILES string of the molecule is CC(C)CC(C)NCc1csc(Br)c1. The van der Waals surface area contributed by atoms with E-state index in [2.05, 4.69) is 53.5 Å². The van der Waals surface area contributed by atoms with Crippen LogP contribution in [-0.2, 0) is 6.54 Å². The quantitative estimate of drug-likeness (QED) is 0.856. The van der Waals surface area contributed by atoms with Gasteiger partial charge >= 0.3 is 0 Å². The van der Waals surface area contributed by atoms with Gasteiger partial charge in [-0.05, 0) is 52.2 Å². The van der Waals surface area contributed by atoms with Crippen LogP contribution in [0.25, 0.3) is 0 Å². The Hall–Kier alpha value is 0.140. The maximum absolute atomic E-state index is 3.53.